The molecule has 1 unspecified atom stereocenters. The van der Waals surface area contributed by atoms with Gasteiger partial charge in [-0.1, -0.05) is 15.9 Å². The lowest BCUT2D eigenvalue weighted by molar-refractivity contribution is -0.144. The third kappa shape index (κ3) is 2.18. The Balaban J connectivity index is 3.35. The molecule has 1 rings (SSSR count). The van der Waals surface area contributed by atoms with Crippen LogP contribution in [0, 0.1) is 5.82 Å². The molecule has 0 aliphatic rings. The average Bonchev–Trinajstić information content (AvgIpc) is 2.20. The first-order valence-electron chi connectivity index (χ1n) is 4.29. The van der Waals surface area contributed by atoms with E-state index in [1.807, 2.05) is 0 Å². The van der Waals surface area contributed by atoms with Crippen molar-refractivity contribution in [3.05, 3.63) is 34.1 Å². The van der Waals surface area contributed by atoms with Crippen molar-refractivity contribution in [1.82, 2.24) is 5.32 Å². The second-order valence-corrected chi connectivity index (χ2v) is 4.22. The SMILES string of the molecule is CNC(C)(C(=O)O)c1cc(Br)ccc1F. The van der Waals surface area contributed by atoms with Crippen LogP contribution in [-0.2, 0) is 10.3 Å². The zero-order valence-electron chi connectivity index (χ0n) is 8.34. The molecular formula is C10H11BrFNO2. The van der Waals surface area contributed by atoms with Gasteiger partial charge in [-0.2, -0.15) is 0 Å². The fourth-order valence-electron chi connectivity index (χ4n) is 1.24. The van der Waals surface area contributed by atoms with Gasteiger partial charge in [0, 0.05) is 10.0 Å². The minimum atomic E-state index is -1.42. The molecule has 0 bridgehead atoms. The standard InChI is InChI=1S/C10H11BrFNO2/c1-10(13-2,9(14)15)7-5-6(11)3-4-8(7)12/h3-5,13H,1-2H3,(H,14,15). The number of rotatable bonds is 3. The molecule has 15 heavy (non-hydrogen) atoms. The van der Waals surface area contributed by atoms with Crippen molar-refractivity contribution in [3.63, 3.8) is 0 Å². The third-order valence-corrected chi connectivity index (χ3v) is 2.89. The lowest BCUT2D eigenvalue weighted by Crippen LogP contribution is -2.45. The van der Waals surface area contributed by atoms with Crippen LogP contribution in [0.5, 0.6) is 0 Å². The first-order valence-corrected chi connectivity index (χ1v) is 5.09. The summed E-state index contributed by atoms with van der Waals surface area (Å²) in [5, 5.41) is 11.7. The summed E-state index contributed by atoms with van der Waals surface area (Å²) in [5.74, 6) is -1.67. The van der Waals surface area contributed by atoms with Crippen LogP contribution in [0.15, 0.2) is 22.7 Å². The summed E-state index contributed by atoms with van der Waals surface area (Å²) in [4.78, 5) is 11.1. The number of carboxylic acid groups (broad SMARTS) is 1. The van der Waals surface area contributed by atoms with Crippen molar-refractivity contribution in [2.45, 2.75) is 12.5 Å². The predicted molar refractivity (Wildman–Crippen MR) is 58.1 cm³/mol. The van der Waals surface area contributed by atoms with Gasteiger partial charge in [-0.25, -0.2) is 9.18 Å². The highest BCUT2D eigenvalue weighted by molar-refractivity contribution is 9.10. The van der Waals surface area contributed by atoms with E-state index >= 15 is 0 Å². The molecule has 0 fully saturated rings. The Hall–Kier alpha value is -0.940. The van der Waals surface area contributed by atoms with E-state index in [9.17, 15) is 9.18 Å². The highest BCUT2D eigenvalue weighted by atomic mass is 79.9. The molecule has 0 spiro atoms. The average molecular weight is 276 g/mol. The molecule has 82 valence electrons. The molecule has 1 atom stereocenters. The van der Waals surface area contributed by atoms with Gasteiger partial charge >= 0.3 is 5.97 Å². The molecule has 5 heteroatoms. The van der Waals surface area contributed by atoms with Crippen LogP contribution in [0.4, 0.5) is 4.39 Å². The van der Waals surface area contributed by atoms with E-state index in [0.29, 0.717) is 4.47 Å². The number of halogens is 2. The predicted octanol–water partition coefficient (Wildman–Crippen LogP) is 2.11. The van der Waals surface area contributed by atoms with E-state index in [4.69, 9.17) is 5.11 Å². The maximum atomic E-state index is 13.5. The van der Waals surface area contributed by atoms with E-state index in [1.165, 1.54) is 32.2 Å². The van der Waals surface area contributed by atoms with Gasteiger partial charge < -0.3 is 10.4 Å². The molecule has 0 aliphatic heterocycles. The van der Waals surface area contributed by atoms with Crippen molar-refractivity contribution >= 4 is 21.9 Å². The summed E-state index contributed by atoms with van der Waals surface area (Å²) in [5.41, 5.74) is -1.32. The number of likely N-dealkylation sites (N-methyl/N-ethyl adjacent to an activating group) is 1. The van der Waals surface area contributed by atoms with E-state index in [0.717, 1.165) is 0 Å². The van der Waals surface area contributed by atoms with Crippen molar-refractivity contribution in [2.24, 2.45) is 0 Å². The lowest BCUT2D eigenvalue weighted by Gasteiger charge is -2.25. The van der Waals surface area contributed by atoms with Gasteiger partial charge in [-0.05, 0) is 32.2 Å². The van der Waals surface area contributed by atoms with Crippen LogP contribution in [0.3, 0.4) is 0 Å². The molecule has 0 amide bonds. The second kappa shape index (κ2) is 4.28. The van der Waals surface area contributed by atoms with Crippen LogP contribution < -0.4 is 5.32 Å². The molecule has 0 aliphatic carbocycles. The maximum absolute atomic E-state index is 13.5. The Morgan fingerprint density at radius 3 is 2.67 bits per heavy atom. The van der Waals surface area contributed by atoms with Gasteiger partial charge in [0.15, 0.2) is 0 Å². The normalized spacial score (nSPS) is 14.7. The number of aliphatic carboxylic acids is 1. The van der Waals surface area contributed by atoms with E-state index in [-0.39, 0.29) is 5.56 Å². The zero-order valence-corrected chi connectivity index (χ0v) is 9.93. The number of carboxylic acids is 1. The molecule has 0 aromatic heterocycles. The fourth-order valence-corrected chi connectivity index (χ4v) is 1.60. The number of nitrogens with one attached hydrogen (secondary N) is 1. The highest BCUT2D eigenvalue weighted by Crippen LogP contribution is 2.26. The topological polar surface area (TPSA) is 49.3 Å². The number of benzene rings is 1. The van der Waals surface area contributed by atoms with Gasteiger partial charge in [-0.15, -0.1) is 0 Å². The maximum Gasteiger partial charge on any atom is 0.328 e. The van der Waals surface area contributed by atoms with E-state index in [2.05, 4.69) is 21.2 Å². The molecule has 0 saturated heterocycles. The monoisotopic (exact) mass is 275 g/mol. The summed E-state index contributed by atoms with van der Waals surface area (Å²) >= 11 is 3.18. The number of carbonyl (C=O) groups is 1. The van der Waals surface area contributed by atoms with Crippen molar-refractivity contribution < 1.29 is 14.3 Å². The van der Waals surface area contributed by atoms with Gasteiger partial charge in [0.25, 0.3) is 0 Å². The van der Waals surface area contributed by atoms with Crippen LogP contribution in [0.1, 0.15) is 12.5 Å². The van der Waals surface area contributed by atoms with Crippen LogP contribution in [0.25, 0.3) is 0 Å². The largest absolute Gasteiger partial charge is 0.480 e. The molecule has 0 radical (unpaired) electrons. The number of hydrogen-bond donors (Lipinski definition) is 2. The summed E-state index contributed by atoms with van der Waals surface area (Å²) in [6.07, 6.45) is 0. The summed E-state index contributed by atoms with van der Waals surface area (Å²) in [7, 11) is 1.48. The fraction of sp³-hybridized carbons (Fsp3) is 0.300. The van der Waals surface area contributed by atoms with Crippen LogP contribution in [0.2, 0.25) is 0 Å². The van der Waals surface area contributed by atoms with Gasteiger partial charge in [0.1, 0.15) is 11.4 Å². The summed E-state index contributed by atoms with van der Waals surface area (Å²) in [6, 6.07) is 4.22. The Kier molecular flexibility index (Phi) is 3.46. The van der Waals surface area contributed by atoms with Crippen molar-refractivity contribution in [2.75, 3.05) is 7.05 Å². The molecular weight excluding hydrogens is 265 g/mol. The lowest BCUT2D eigenvalue weighted by atomic mass is 9.92. The van der Waals surface area contributed by atoms with Crippen LogP contribution in [-0.4, -0.2) is 18.1 Å². The van der Waals surface area contributed by atoms with Crippen molar-refractivity contribution in [3.8, 4) is 0 Å². The molecule has 1 aromatic carbocycles. The molecule has 3 nitrogen and oxygen atoms in total. The van der Waals surface area contributed by atoms with Crippen molar-refractivity contribution in [1.29, 1.82) is 0 Å². The highest BCUT2D eigenvalue weighted by Gasteiger charge is 2.35. The molecule has 0 saturated carbocycles. The van der Waals surface area contributed by atoms with Gasteiger partial charge in [0.05, 0.1) is 0 Å². The quantitative estimate of drug-likeness (QED) is 0.889. The Bertz CT molecular complexity index is 397. The van der Waals surface area contributed by atoms with Gasteiger partial charge in [-0.3, -0.25) is 0 Å². The number of hydrogen-bond acceptors (Lipinski definition) is 2. The van der Waals surface area contributed by atoms with Gasteiger partial charge in [0.2, 0.25) is 0 Å². The first kappa shape index (κ1) is 12.1. The molecule has 2 N–H and O–H groups in total. The zero-order chi connectivity index (χ0) is 11.6. The Morgan fingerprint density at radius 2 is 2.20 bits per heavy atom. The van der Waals surface area contributed by atoms with E-state index in [1.54, 1.807) is 0 Å². The third-order valence-electron chi connectivity index (χ3n) is 2.39. The molecule has 1 aromatic rings. The Morgan fingerprint density at radius 1 is 1.60 bits per heavy atom. The molecule has 0 heterocycles. The minimum Gasteiger partial charge on any atom is -0.480 e. The summed E-state index contributed by atoms with van der Waals surface area (Å²) < 4.78 is 14.1. The van der Waals surface area contributed by atoms with E-state index < -0.39 is 17.3 Å². The summed E-state index contributed by atoms with van der Waals surface area (Å²) in [6.45, 7) is 1.42. The first-order chi connectivity index (χ1) is 6.91. The Labute approximate surface area is 95.4 Å². The van der Waals surface area contributed by atoms with Crippen LogP contribution >= 0.6 is 15.9 Å². The minimum absolute atomic E-state index is 0.104. The second-order valence-electron chi connectivity index (χ2n) is 3.30. The smallest absolute Gasteiger partial charge is 0.328 e.